The third-order valence-electron chi connectivity index (χ3n) is 4.22. The minimum absolute atomic E-state index is 0.0705. The lowest BCUT2D eigenvalue weighted by molar-refractivity contribution is 0.287. The lowest BCUT2D eigenvalue weighted by atomic mass is 10.1. The normalized spacial score (nSPS) is 23.0. The number of nitrogens with one attached hydrogen (secondary N) is 1. The van der Waals surface area contributed by atoms with Crippen LogP contribution in [0.3, 0.4) is 0 Å². The smallest absolute Gasteiger partial charge is 0.243 e. The van der Waals surface area contributed by atoms with Gasteiger partial charge in [-0.25, -0.2) is 9.67 Å². The molecule has 0 amide bonds. The molecule has 1 aliphatic carbocycles. The number of rotatable bonds is 4. The zero-order valence-corrected chi connectivity index (χ0v) is 12.4. The Labute approximate surface area is 123 Å². The fourth-order valence-electron chi connectivity index (χ4n) is 2.93. The second-order valence-electron chi connectivity index (χ2n) is 6.15. The second-order valence-corrected chi connectivity index (χ2v) is 6.15. The van der Waals surface area contributed by atoms with E-state index in [1.54, 1.807) is 0 Å². The number of aryl methyl sites for hydroxylation is 2. The van der Waals surface area contributed by atoms with E-state index < -0.39 is 0 Å². The molecule has 0 saturated heterocycles. The van der Waals surface area contributed by atoms with E-state index in [1.165, 1.54) is 12.8 Å². The van der Waals surface area contributed by atoms with Crippen molar-refractivity contribution in [3.05, 3.63) is 23.4 Å². The molecule has 2 atom stereocenters. The van der Waals surface area contributed by atoms with Crippen LogP contribution in [0.1, 0.15) is 61.5 Å². The lowest BCUT2D eigenvalue weighted by Crippen LogP contribution is -2.39. The first-order valence-corrected chi connectivity index (χ1v) is 7.69. The van der Waals surface area contributed by atoms with Gasteiger partial charge in [0.15, 0.2) is 5.82 Å². The Hall–Kier alpha value is -1.76. The molecule has 7 nitrogen and oxygen atoms in total. The summed E-state index contributed by atoms with van der Waals surface area (Å²) in [7, 11) is 0. The number of aromatic nitrogens is 5. The predicted molar refractivity (Wildman–Crippen MR) is 74.7 cm³/mol. The van der Waals surface area contributed by atoms with Crippen LogP contribution in [-0.2, 0) is 13.0 Å². The molecule has 1 saturated carbocycles. The van der Waals surface area contributed by atoms with Gasteiger partial charge >= 0.3 is 0 Å². The van der Waals surface area contributed by atoms with Gasteiger partial charge in [0.2, 0.25) is 5.89 Å². The van der Waals surface area contributed by atoms with Gasteiger partial charge in [-0.3, -0.25) is 0 Å². The zero-order chi connectivity index (χ0) is 14.4. The van der Waals surface area contributed by atoms with E-state index >= 15 is 0 Å². The first-order valence-electron chi connectivity index (χ1n) is 7.69. The Balaban J connectivity index is 1.41. The van der Waals surface area contributed by atoms with Crippen LogP contribution in [0.2, 0.25) is 0 Å². The van der Waals surface area contributed by atoms with Gasteiger partial charge in [-0.2, -0.15) is 10.1 Å². The highest BCUT2D eigenvalue weighted by atomic mass is 16.5. The summed E-state index contributed by atoms with van der Waals surface area (Å²) >= 11 is 0. The fraction of sp³-hybridized carbons (Fsp3) is 0.714. The van der Waals surface area contributed by atoms with Gasteiger partial charge in [0.1, 0.15) is 11.6 Å². The van der Waals surface area contributed by atoms with E-state index in [1.807, 2.05) is 11.6 Å². The van der Waals surface area contributed by atoms with E-state index in [9.17, 15) is 0 Å². The van der Waals surface area contributed by atoms with Crippen molar-refractivity contribution in [2.45, 2.75) is 64.1 Å². The average Bonchev–Trinajstić information content (AvgIpc) is 3.06. The third-order valence-corrected chi connectivity index (χ3v) is 4.22. The monoisotopic (exact) mass is 288 g/mol. The molecule has 2 aromatic heterocycles. The van der Waals surface area contributed by atoms with Gasteiger partial charge in [-0.1, -0.05) is 5.16 Å². The highest BCUT2D eigenvalue weighted by molar-refractivity contribution is 5.05. The van der Waals surface area contributed by atoms with Gasteiger partial charge < -0.3 is 9.84 Å². The fourth-order valence-corrected chi connectivity index (χ4v) is 2.93. The van der Waals surface area contributed by atoms with Crippen LogP contribution in [0.4, 0.5) is 0 Å². The van der Waals surface area contributed by atoms with Crippen LogP contribution in [0.5, 0.6) is 0 Å². The number of hydrogen-bond acceptors (Lipinski definition) is 6. The Bertz CT molecular complexity index is 644. The molecule has 0 spiro atoms. The van der Waals surface area contributed by atoms with Gasteiger partial charge in [-0.15, -0.1) is 0 Å². The number of hydrogen-bond donors (Lipinski definition) is 1. The summed E-state index contributed by atoms with van der Waals surface area (Å²) in [6.45, 7) is 4.87. The van der Waals surface area contributed by atoms with E-state index in [0.29, 0.717) is 17.9 Å². The molecule has 3 heterocycles. The van der Waals surface area contributed by atoms with Crippen molar-refractivity contribution in [1.29, 1.82) is 0 Å². The van der Waals surface area contributed by atoms with E-state index in [0.717, 1.165) is 36.9 Å². The van der Waals surface area contributed by atoms with Gasteiger partial charge in [0.05, 0.1) is 12.6 Å². The lowest BCUT2D eigenvalue weighted by Gasteiger charge is -2.25. The highest BCUT2D eigenvalue weighted by Gasteiger charge is 2.30. The van der Waals surface area contributed by atoms with Gasteiger partial charge in [0.25, 0.3) is 0 Å². The standard InChI is InChI=1S/C14H20N6O/c1-8(14-17-13(19-21-14)10-3-4-10)15-11-5-6-12-16-9(2)18-20(12)7-11/h8,10-11,15H,3-7H2,1-2H3/t8-,11+/m1/s1. The van der Waals surface area contributed by atoms with Crippen LogP contribution in [0.15, 0.2) is 4.52 Å². The Morgan fingerprint density at radius 3 is 2.95 bits per heavy atom. The van der Waals surface area contributed by atoms with Crippen molar-refractivity contribution in [1.82, 2.24) is 30.2 Å². The maximum absolute atomic E-state index is 5.38. The summed E-state index contributed by atoms with van der Waals surface area (Å²) in [5.74, 6) is 4.04. The number of nitrogens with zero attached hydrogens (tertiary/aromatic N) is 5. The maximum Gasteiger partial charge on any atom is 0.243 e. The summed E-state index contributed by atoms with van der Waals surface area (Å²) in [4.78, 5) is 8.95. The molecule has 2 aliphatic rings. The molecule has 112 valence electrons. The van der Waals surface area contributed by atoms with Crippen molar-refractivity contribution < 1.29 is 4.52 Å². The van der Waals surface area contributed by atoms with Crippen LogP contribution >= 0.6 is 0 Å². The quantitative estimate of drug-likeness (QED) is 0.918. The van der Waals surface area contributed by atoms with Crippen LogP contribution in [0, 0.1) is 6.92 Å². The molecule has 1 aliphatic heterocycles. The van der Waals surface area contributed by atoms with Crippen LogP contribution < -0.4 is 5.32 Å². The minimum Gasteiger partial charge on any atom is -0.338 e. The third kappa shape index (κ3) is 2.57. The summed E-state index contributed by atoms with van der Waals surface area (Å²) in [6, 6.07) is 0.436. The molecule has 1 N–H and O–H groups in total. The largest absolute Gasteiger partial charge is 0.338 e. The molecule has 0 radical (unpaired) electrons. The predicted octanol–water partition coefficient (Wildman–Crippen LogP) is 1.51. The minimum atomic E-state index is 0.0705. The van der Waals surface area contributed by atoms with Gasteiger partial charge in [0, 0.05) is 18.4 Å². The second kappa shape index (κ2) is 4.91. The average molecular weight is 288 g/mol. The van der Waals surface area contributed by atoms with E-state index in [2.05, 4.69) is 32.5 Å². The SMILES string of the molecule is Cc1nc2n(n1)C[C@@H](N[C@H](C)c1nc(C3CC3)no1)CC2. The van der Waals surface area contributed by atoms with Crippen LogP contribution in [-0.4, -0.2) is 30.9 Å². The topological polar surface area (TPSA) is 81.7 Å². The molecule has 4 rings (SSSR count). The van der Waals surface area contributed by atoms with Crippen molar-refractivity contribution in [3.8, 4) is 0 Å². The molecule has 7 heteroatoms. The molecule has 0 bridgehead atoms. The van der Waals surface area contributed by atoms with Crippen molar-refractivity contribution in [3.63, 3.8) is 0 Å². The Morgan fingerprint density at radius 2 is 2.14 bits per heavy atom. The van der Waals surface area contributed by atoms with Crippen molar-refractivity contribution >= 4 is 0 Å². The van der Waals surface area contributed by atoms with Crippen molar-refractivity contribution in [2.75, 3.05) is 0 Å². The molecule has 2 aromatic rings. The molecule has 21 heavy (non-hydrogen) atoms. The molecule has 1 fully saturated rings. The summed E-state index contributed by atoms with van der Waals surface area (Å²) in [6.07, 6.45) is 4.41. The Kier molecular flexibility index (Phi) is 3.02. The van der Waals surface area contributed by atoms with Gasteiger partial charge in [-0.05, 0) is 33.1 Å². The highest BCUT2D eigenvalue weighted by Crippen LogP contribution is 2.38. The molecule has 0 unspecified atom stereocenters. The summed E-state index contributed by atoms with van der Waals surface area (Å²) in [5.41, 5.74) is 0. The summed E-state index contributed by atoms with van der Waals surface area (Å²) in [5, 5.41) is 12.1. The van der Waals surface area contributed by atoms with Crippen LogP contribution in [0.25, 0.3) is 0 Å². The molecular weight excluding hydrogens is 268 g/mol. The number of fused-ring (bicyclic) bond motifs is 1. The maximum atomic E-state index is 5.38. The summed E-state index contributed by atoms with van der Waals surface area (Å²) < 4.78 is 7.39. The zero-order valence-electron chi connectivity index (χ0n) is 12.4. The van der Waals surface area contributed by atoms with E-state index in [4.69, 9.17) is 4.52 Å². The molecule has 0 aromatic carbocycles. The Morgan fingerprint density at radius 1 is 1.29 bits per heavy atom. The first-order chi connectivity index (χ1) is 10.2. The van der Waals surface area contributed by atoms with Crippen molar-refractivity contribution in [2.24, 2.45) is 0 Å². The van der Waals surface area contributed by atoms with E-state index in [-0.39, 0.29) is 6.04 Å². The first kappa shape index (κ1) is 12.9. The molecular formula is C14H20N6O.